The van der Waals surface area contributed by atoms with Gasteiger partial charge in [0.15, 0.2) is 5.58 Å². The number of hydrogen-bond donors (Lipinski definition) is 0. The number of imide groups is 1. The highest BCUT2D eigenvalue weighted by atomic mass is 79.9. The molecule has 0 aliphatic carbocycles. The van der Waals surface area contributed by atoms with Crippen molar-refractivity contribution >= 4 is 44.5 Å². The Labute approximate surface area is 162 Å². The van der Waals surface area contributed by atoms with E-state index in [1.165, 1.54) is 4.90 Å². The molecule has 1 aliphatic heterocycles. The van der Waals surface area contributed by atoms with E-state index in [1.807, 2.05) is 24.3 Å². The Morgan fingerprint density at radius 1 is 0.815 bits per heavy atom. The molecule has 130 valence electrons. The van der Waals surface area contributed by atoms with Gasteiger partial charge in [0.25, 0.3) is 11.8 Å². The second-order valence-corrected chi connectivity index (χ2v) is 7.00. The minimum Gasteiger partial charge on any atom is -0.436 e. The summed E-state index contributed by atoms with van der Waals surface area (Å²) in [6.45, 7) is 0. The van der Waals surface area contributed by atoms with E-state index in [0.29, 0.717) is 33.8 Å². The lowest BCUT2D eigenvalue weighted by molar-refractivity contribution is 0.0926. The van der Waals surface area contributed by atoms with Crippen molar-refractivity contribution in [3.63, 3.8) is 0 Å². The van der Waals surface area contributed by atoms with Crippen LogP contribution in [0.1, 0.15) is 20.7 Å². The first-order chi connectivity index (χ1) is 13.1. The van der Waals surface area contributed by atoms with E-state index in [1.54, 1.807) is 42.5 Å². The standard InChI is InChI=1S/C21H11BrN2O3/c22-16-8-4-3-7-15(16)19-23-17-11-12(9-10-18(17)27-19)24-20(25)13-5-1-2-6-14(13)21(24)26/h1-11H. The molecule has 0 unspecified atom stereocenters. The van der Waals surface area contributed by atoms with Crippen molar-refractivity contribution < 1.29 is 14.0 Å². The Morgan fingerprint density at radius 3 is 2.11 bits per heavy atom. The lowest BCUT2D eigenvalue weighted by Crippen LogP contribution is -2.29. The zero-order valence-corrected chi connectivity index (χ0v) is 15.4. The molecule has 1 aromatic heterocycles. The van der Waals surface area contributed by atoms with Crippen LogP contribution in [-0.2, 0) is 0 Å². The molecular weight excluding hydrogens is 408 g/mol. The van der Waals surface area contributed by atoms with Gasteiger partial charge in [-0.05, 0) is 58.4 Å². The number of rotatable bonds is 2. The van der Waals surface area contributed by atoms with Crippen molar-refractivity contribution in [3.05, 3.63) is 82.3 Å². The molecule has 5 nitrogen and oxygen atoms in total. The Bertz CT molecular complexity index is 1210. The minimum atomic E-state index is -0.329. The third kappa shape index (κ3) is 2.41. The third-order valence-electron chi connectivity index (χ3n) is 4.53. The molecule has 5 rings (SSSR count). The number of oxazole rings is 1. The van der Waals surface area contributed by atoms with Gasteiger partial charge in [0.1, 0.15) is 5.52 Å². The van der Waals surface area contributed by atoms with Crippen molar-refractivity contribution in [2.45, 2.75) is 0 Å². The van der Waals surface area contributed by atoms with Crippen LogP contribution in [0.25, 0.3) is 22.6 Å². The zero-order valence-electron chi connectivity index (χ0n) is 13.8. The summed E-state index contributed by atoms with van der Waals surface area (Å²) in [7, 11) is 0. The maximum absolute atomic E-state index is 12.7. The smallest absolute Gasteiger partial charge is 0.266 e. The molecule has 1 aliphatic rings. The summed E-state index contributed by atoms with van der Waals surface area (Å²) in [6, 6.07) is 19.6. The maximum Gasteiger partial charge on any atom is 0.266 e. The van der Waals surface area contributed by atoms with Crippen molar-refractivity contribution in [2.24, 2.45) is 0 Å². The number of fused-ring (bicyclic) bond motifs is 2. The zero-order chi connectivity index (χ0) is 18.5. The van der Waals surface area contributed by atoms with Crippen molar-refractivity contribution in [1.82, 2.24) is 4.98 Å². The highest BCUT2D eigenvalue weighted by Crippen LogP contribution is 2.33. The number of benzene rings is 3. The minimum absolute atomic E-state index is 0.329. The lowest BCUT2D eigenvalue weighted by atomic mass is 10.1. The molecule has 27 heavy (non-hydrogen) atoms. The quantitative estimate of drug-likeness (QED) is 0.426. The molecule has 6 heteroatoms. The fraction of sp³-hybridized carbons (Fsp3) is 0. The molecule has 0 saturated heterocycles. The van der Waals surface area contributed by atoms with Gasteiger partial charge in [-0.25, -0.2) is 9.88 Å². The van der Waals surface area contributed by atoms with Crippen LogP contribution in [0.4, 0.5) is 5.69 Å². The Morgan fingerprint density at radius 2 is 1.44 bits per heavy atom. The largest absolute Gasteiger partial charge is 0.436 e. The molecule has 0 spiro atoms. The second kappa shape index (κ2) is 5.89. The summed E-state index contributed by atoms with van der Waals surface area (Å²) >= 11 is 3.49. The number of carbonyl (C=O) groups excluding carboxylic acids is 2. The van der Waals surface area contributed by atoms with Crippen LogP contribution in [0.2, 0.25) is 0 Å². The molecule has 0 atom stereocenters. The average Bonchev–Trinajstić information content (AvgIpc) is 3.21. The average molecular weight is 419 g/mol. The normalized spacial score (nSPS) is 13.4. The Kier molecular flexibility index (Phi) is 3.48. The number of halogens is 1. The second-order valence-electron chi connectivity index (χ2n) is 6.14. The van der Waals surface area contributed by atoms with Crippen molar-refractivity contribution in [3.8, 4) is 11.5 Å². The van der Waals surface area contributed by atoms with Crippen LogP contribution < -0.4 is 4.90 Å². The number of carbonyl (C=O) groups is 2. The highest BCUT2D eigenvalue weighted by Gasteiger charge is 2.36. The fourth-order valence-electron chi connectivity index (χ4n) is 3.23. The van der Waals surface area contributed by atoms with Gasteiger partial charge in [0.05, 0.1) is 22.4 Å². The van der Waals surface area contributed by atoms with Crippen LogP contribution in [0.5, 0.6) is 0 Å². The first kappa shape index (κ1) is 16.0. The summed E-state index contributed by atoms with van der Waals surface area (Å²) in [5.41, 5.74) is 3.29. The van der Waals surface area contributed by atoms with Gasteiger partial charge >= 0.3 is 0 Å². The molecule has 0 N–H and O–H groups in total. The predicted octanol–water partition coefficient (Wildman–Crippen LogP) is 5.06. The Balaban J connectivity index is 1.59. The summed E-state index contributed by atoms with van der Waals surface area (Å²) < 4.78 is 6.71. The first-order valence-corrected chi connectivity index (χ1v) is 9.06. The van der Waals surface area contributed by atoms with Crippen LogP contribution in [0, 0.1) is 0 Å². The molecule has 0 fully saturated rings. The van der Waals surface area contributed by atoms with Crippen LogP contribution in [0.3, 0.4) is 0 Å². The van der Waals surface area contributed by atoms with Gasteiger partial charge in [0.2, 0.25) is 5.89 Å². The topological polar surface area (TPSA) is 63.4 Å². The number of anilines is 1. The molecule has 0 radical (unpaired) electrons. The number of aromatic nitrogens is 1. The van der Waals surface area contributed by atoms with Gasteiger partial charge in [-0.3, -0.25) is 9.59 Å². The fourth-order valence-corrected chi connectivity index (χ4v) is 3.68. The molecule has 3 aromatic carbocycles. The SMILES string of the molecule is O=C1c2ccccc2C(=O)N1c1ccc2oc(-c3ccccc3Br)nc2c1. The van der Waals surface area contributed by atoms with Crippen molar-refractivity contribution in [2.75, 3.05) is 4.90 Å². The molecule has 4 aromatic rings. The van der Waals surface area contributed by atoms with Crippen LogP contribution in [-0.4, -0.2) is 16.8 Å². The number of hydrogen-bond acceptors (Lipinski definition) is 4. The van der Waals surface area contributed by atoms with E-state index in [0.717, 1.165) is 10.0 Å². The van der Waals surface area contributed by atoms with E-state index < -0.39 is 0 Å². The summed E-state index contributed by atoms with van der Waals surface area (Å²) in [4.78, 5) is 31.0. The van der Waals surface area contributed by atoms with E-state index in [-0.39, 0.29) is 11.8 Å². The van der Waals surface area contributed by atoms with E-state index in [2.05, 4.69) is 20.9 Å². The monoisotopic (exact) mass is 418 g/mol. The van der Waals surface area contributed by atoms with Crippen molar-refractivity contribution in [1.29, 1.82) is 0 Å². The van der Waals surface area contributed by atoms with Gasteiger partial charge in [-0.1, -0.05) is 24.3 Å². The summed E-state index contributed by atoms with van der Waals surface area (Å²) in [5, 5.41) is 0. The highest BCUT2D eigenvalue weighted by molar-refractivity contribution is 9.10. The van der Waals surface area contributed by atoms with E-state index >= 15 is 0 Å². The molecule has 0 bridgehead atoms. The molecule has 0 saturated carbocycles. The van der Waals surface area contributed by atoms with Crippen LogP contribution >= 0.6 is 15.9 Å². The lowest BCUT2D eigenvalue weighted by Gasteiger charge is -2.13. The summed E-state index contributed by atoms with van der Waals surface area (Å²) in [6.07, 6.45) is 0. The van der Waals surface area contributed by atoms with Crippen LogP contribution in [0.15, 0.2) is 75.6 Å². The van der Waals surface area contributed by atoms with Gasteiger partial charge in [-0.15, -0.1) is 0 Å². The first-order valence-electron chi connectivity index (χ1n) is 8.27. The predicted molar refractivity (Wildman–Crippen MR) is 105 cm³/mol. The molecule has 2 amide bonds. The Hall–Kier alpha value is -3.25. The van der Waals surface area contributed by atoms with Gasteiger partial charge < -0.3 is 4.42 Å². The number of amides is 2. The molecule has 2 heterocycles. The van der Waals surface area contributed by atoms with E-state index in [9.17, 15) is 9.59 Å². The molecular formula is C21H11BrN2O3. The van der Waals surface area contributed by atoms with Gasteiger partial charge in [-0.2, -0.15) is 0 Å². The van der Waals surface area contributed by atoms with Gasteiger partial charge in [0, 0.05) is 4.47 Å². The number of nitrogens with zero attached hydrogens (tertiary/aromatic N) is 2. The summed E-state index contributed by atoms with van der Waals surface area (Å²) in [5.74, 6) is -0.189. The maximum atomic E-state index is 12.7. The third-order valence-corrected chi connectivity index (χ3v) is 5.22. The van der Waals surface area contributed by atoms with E-state index in [4.69, 9.17) is 4.42 Å².